The van der Waals surface area contributed by atoms with Crippen molar-refractivity contribution in [1.29, 1.82) is 0 Å². The van der Waals surface area contributed by atoms with Gasteiger partial charge in [0.05, 0.1) is 6.42 Å². The summed E-state index contributed by atoms with van der Waals surface area (Å²) in [4.78, 5) is 14.7. The van der Waals surface area contributed by atoms with Gasteiger partial charge >= 0.3 is 6.01 Å². The molecule has 0 aliphatic rings. The fraction of sp³-hybridized carbons (Fsp3) is 0.250. The van der Waals surface area contributed by atoms with Gasteiger partial charge in [-0.3, -0.25) is 10.1 Å². The molecule has 3 rings (SSSR count). The molecular weight excluding hydrogens is 378 g/mol. The third-order valence-corrected chi connectivity index (χ3v) is 5.45. The van der Waals surface area contributed by atoms with Gasteiger partial charge in [0, 0.05) is 15.4 Å². The number of benzene rings is 2. The third kappa shape index (κ3) is 5.61. The molecule has 140 valence electrons. The van der Waals surface area contributed by atoms with Crippen molar-refractivity contribution in [3.63, 3.8) is 0 Å². The van der Waals surface area contributed by atoms with Crippen LogP contribution in [0.15, 0.2) is 62.7 Å². The van der Waals surface area contributed by atoms with Crippen LogP contribution in [0, 0.1) is 0 Å². The summed E-state index contributed by atoms with van der Waals surface area (Å²) in [6.07, 6.45) is 0.530. The van der Waals surface area contributed by atoms with Gasteiger partial charge in [0.1, 0.15) is 0 Å². The normalized spacial score (nSPS) is 10.7. The summed E-state index contributed by atoms with van der Waals surface area (Å²) in [5.74, 6) is 2.21. The molecule has 2 aromatic carbocycles. The van der Waals surface area contributed by atoms with E-state index in [0.29, 0.717) is 17.9 Å². The summed E-state index contributed by atoms with van der Waals surface area (Å²) in [5, 5.41) is 10.6. The lowest BCUT2D eigenvalue weighted by Crippen LogP contribution is -2.12. The first-order chi connectivity index (χ1) is 13.2. The van der Waals surface area contributed by atoms with Crippen molar-refractivity contribution in [3.05, 3.63) is 65.5 Å². The topological polar surface area (TPSA) is 68.0 Å². The highest BCUT2D eigenvalue weighted by Crippen LogP contribution is 2.21. The molecule has 0 radical (unpaired) electrons. The van der Waals surface area contributed by atoms with E-state index in [1.807, 2.05) is 18.2 Å². The Balaban J connectivity index is 1.62. The van der Waals surface area contributed by atoms with Gasteiger partial charge in [0.2, 0.25) is 5.89 Å². The molecule has 27 heavy (non-hydrogen) atoms. The van der Waals surface area contributed by atoms with Gasteiger partial charge in [-0.15, -0.1) is 28.6 Å². The average molecular weight is 400 g/mol. The van der Waals surface area contributed by atoms with Crippen LogP contribution in [0.2, 0.25) is 0 Å². The van der Waals surface area contributed by atoms with Crippen molar-refractivity contribution in [1.82, 2.24) is 10.2 Å². The molecule has 0 unspecified atom stereocenters. The summed E-state index contributed by atoms with van der Waals surface area (Å²) >= 11 is 3.49. The smallest absolute Gasteiger partial charge is 0.322 e. The Bertz CT molecular complexity index is 894. The van der Waals surface area contributed by atoms with Crippen LogP contribution in [0.5, 0.6) is 0 Å². The van der Waals surface area contributed by atoms with Gasteiger partial charge in [-0.1, -0.05) is 37.1 Å². The highest BCUT2D eigenvalue weighted by molar-refractivity contribution is 7.99. The zero-order chi connectivity index (χ0) is 19.1. The molecule has 1 N–H and O–H groups in total. The van der Waals surface area contributed by atoms with Gasteiger partial charge in [-0.05, 0) is 47.4 Å². The maximum Gasteiger partial charge on any atom is 0.322 e. The van der Waals surface area contributed by atoms with Gasteiger partial charge in [-0.2, -0.15) is 0 Å². The lowest BCUT2D eigenvalue weighted by Gasteiger charge is -2.03. The summed E-state index contributed by atoms with van der Waals surface area (Å²) in [6.45, 7) is 4.21. The van der Waals surface area contributed by atoms with E-state index >= 15 is 0 Å². The van der Waals surface area contributed by atoms with Crippen LogP contribution in [0.4, 0.5) is 6.01 Å². The molecule has 3 aromatic rings. The predicted octanol–water partition coefficient (Wildman–Crippen LogP) is 5.14. The Morgan fingerprint density at radius 3 is 2.48 bits per heavy atom. The number of amides is 1. The van der Waals surface area contributed by atoms with Crippen LogP contribution < -0.4 is 5.32 Å². The van der Waals surface area contributed by atoms with Gasteiger partial charge < -0.3 is 4.42 Å². The second-order valence-electron chi connectivity index (χ2n) is 5.67. The van der Waals surface area contributed by atoms with Crippen molar-refractivity contribution in [2.24, 2.45) is 0 Å². The molecular formula is C20H21N3O2S2. The molecule has 0 fully saturated rings. The van der Waals surface area contributed by atoms with E-state index < -0.39 is 0 Å². The number of anilines is 1. The number of rotatable bonds is 8. The van der Waals surface area contributed by atoms with Crippen LogP contribution in [0.1, 0.15) is 35.7 Å². The summed E-state index contributed by atoms with van der Waals surface area (Å²) in [7, 11) is 0. The molecule has 1 heterocycles. The minimum absolute atomic E-state index is 0.113. The van der Waals surface area contributed by atoms with E-state index in [9.17, 15) is 4.79 Å². The number of carbonyl (C=O) groups excluding carboxylic acids is 1. The molecule has 1 aromatic heterocycles. The zero-order valence-corrected chi connectivity index (χ0v) is 16.9. The van der Waals surface area contributed by atoms with E-state index in [4.69, 9.17) is 4.42 Å². The summed E-state index contributed by atoms with van der Waals surface area (Å²) in [5.41, 5.74) is 1.65. The lowest BCUT2D eigenvalue weighted by atomic mass is 10.1. The quantitative estimate of drug-likeness (QED) is 0.529. The zero-order valence-electron chi connectivity index (χ0n) is 15.3. The van der Waals surface area contributed by atoms with Crippen LogP contribution in [-0.2, 0) is 6.42 Å². The first-order valence-corrected chi connectivity index (χ1v) is 10.7. The van der Waals surface area contributed by atoms with Crippen molar-refractivity contribution >= 4 is 35.4 Å². The first-order valence-electron chi connectivity index (χ1n) is 8.76. The lowest BCUT2D eigenvalue weighted by molar-refractivity contribution is 0.102. The van der Waals surface area contributed by atoms with E-state index in [-0.39, 0.29) is 11.9 Å². The van der Waals surface area contributed by atoms with Crippen LogP contribution in [0.25, 0.3) is 0 Å². The molecule has 7 heteroatoms. The first kappa shape index (κ1) is 19.5. The standard InChI is InChI=1S/C20H21N3O2S2/c1-3-26-16-10-8-14(9-11-16)12-18-22-23-20(25-18)21-19(24)15-6-5-7-17(13-15)27-4-2/h5-11,13H,3-4,12H2,1-2H3,(H,21,23,24). The number of nitrogens with one attached hydrogen (secondary N) is 1. The second-order valence-corrected chi connectivity index (χ2v) is 8.34. The fourth-order valence-electron chi connectivity index (χ4n) is 2.48. The van der Waals surface area contributed by atoms with Gasteiger partial charge in [0.15, 0.2) is 0 Å². The van der Waals surface area contributed by atoms with E-state index in [0.717, 1.165) is 22.0 Å². The number of nitrogens with zero attached hydrogens (tertiary/aromatic N) is 2. The van der Waals surface area contributed by atoms with Crippen LogP contribution in [0.3, 0.4) is 0 Å². The molecule has 0 atom stereocenters. The van der Waals surface area contributed by atoms with E-state index in [1.54, 1.807) is 29.6 Å². The maximum absolute atomic E-state index is 12.4. The van der Waals surface area contributed by atoms with Crippen molar-refractivity contribution in [2.75, 3.05) is 16.8 Å². The highest BCUT2D eigenvalue weighted by atomic mass is 32.2. The molecule has 0 aliphatic carbocycles. The Morgan fingerprint density at radius 2 is 1.74 bits per heavy atom. The molecule has 0 bridgehead atoms. The van der Waals surface area contributed by atoms with Gasteiger partial charge in [-0.25, -0.2) is 0 Å². The Hall–Kier alpha value is -2.25. The Labute approximate surface area is 167 Å². The van der Waals surface area contributed by atoms with Crippen molar-refractivity contribution in [3.8, 4) is 0 Å². The molecule has 0 saturated carbocycles. The minimum atomic E-state index is -0.260. The highest BCUT2D eigenvalue weighted by Gasteiger charge is 2.12. The number of hydrogen-bond acceptors (Lipinski definition) is 6. The number of hydrogen-bond donors (Lipinski definition) is 1. The number of aromatic nitrogens is 2. The SMILES string of the molecule is CCSc1ccc(Cc2nnc(NC(=O)c3cccc(SCC)c3)o2)cc1. The monoisotopic (exact) mass is 399 g/mol. The van der Waals surface area contributed by atoms with Gasteiger partial charge in [0.25, 0.3) is 5.91 Å². The fourth-order valence-corrected chi connectivity index (χ4v) is 3.86. The van der Waals surface area contributed by atoms with Crippen molar-refractivity contribution in [2.45, 2.75) is 30.1 Å². The molecule has 0 saturated heterocycles. The Kier molecular flexibility index (Phi) is 6.95. The largest absolute Gasteiger partial charge is 0.407 e. The van der Waals surface area contributed by atoms with Crippen molar-refractivity contribution < 1.29 is 9.21 Å². The average Bonchev–Trinajstić information content (AvgIpc) is 3.11. The molecule has 1 amide bonds. The predicted molar refractivity (Wildman–Crippen MR) is 111 cm³/mol. The number of carbonyl (C=O) groups is 1. The van der Waals surface area contributed by atoms with E-state index in [1.165, 1.54) is 4.90 Å². The second kappa shape index (κ2) is 9.62. The summed E-state index contributed by atoms with van der Waals surface area (Å²) < 4.78 is 5.57. The van der Waals surface area contributed by atoms with Crippen LogP contribution >= 0.6 is 23.5 Å². The minimum Gasteiger partial charge on any atom is -0.407 e. The third-order valence-electron chi connectivity index (χ3n) is 3.68. The maximum atomic E-state index is 12.4. The number of thioether (sulfide) groups is 2. The Morgan fingerprint density at radius 1 is 1.00 bits per heavy atom. The molecule has 0 spiro atoms. The van der Waals surface area contributed by atoms with E-state index in [2.05, 4.69) is 53.6 Å². The van der Waals surface area contributed by atoms with Crippen LogP contribution in [-0.4, -0.2) is 27.6 Å². The molecule has 0 aliphatic heterocycles. The summed E-state index contributed by atoms with van der Waals surface area (Å²) in [6, 6.07) is 15.9. The molecule has 5 nitrogen and oxygen atoms in total.